The van der Waals surface area contributed by atoms with E-state index >= 15 is 0 Å². The van der Waals surface area contributed by atoms with Crippen molar-refractivity contribution in [1.82, 2.24) is 0 Å². The SMILES string of the molecule is Cc1c(Cl)cccc1NC(=O)CCC(C)(C)CCN. The Morgan fingerprint density at radius 3 is 2.68 bits per heavy atom. The summed E-state index contributed by atoms with van der Waals surface area (Å²) < 4.78 is 0. The molecule has 0 unspecified atom stereocenters. The molecular weight excluding hydrogens is 260 g/mol. The lowest BCUT2D eigenvalue weighted by molar-refractivity contribution is -0.116. The van der Waals surface area contributed by atoms with Crippen LogP contribution in [0.25, 0.3) is 0 Å². The van der Waals surface area contributed by atoms with Gasteiger partial charge in [-0.3, -0.25) is 4.79 Å². The van der Waals surface area contributed by atoms with E-state index in [0.717, 1.165) is 24.1 Å². The summed E-state index contributed by atoms with van der Waals surface area (Å²) in [6.07, 6.45) is 2.26. The summed E-state index contributed by atoms with van der Waals surface area (Å²) in [5.41, 5.74) is 7.36. The Kier molecular flexibility index (Phi) is 5.83. The average molecular weight is 283 g/mol. The van der Waals surface area contributed by atoms with Crippen LogP contribution < -0.4 is 11.1 Å². The van der Waals surface area contributed by atoms with Crippen LogP contribution in [0.3, 0.4) is 0 Å². The Labute approximate surface area is 120 Å². The first-order valence-electron chi connectivity index (χ1n) is 6.61. The highest BCUT2D eigenvalue weighted by atomic mass is 35.5. The second-order valence-corrected chi connectivity index (χ2v) is 6.07. The van der Waals surface area contributed by atoms with Crippen LogP contribution in [0.15, 0.2) is 18.2 Å². The summed E-state index contributed by atoms with van der Waals surface area (Å²) in [6, 6.07) is 5.52. The number of amides is 1. The lowest BCUT2D eigenvalue weighted by Crippen LogP contribution is -2.20. The molecule has 0 fully saturated rings. The van der Waals surface area contributed by atoms with E-state index in [1.807, 2.05) is 25.1 Å². The second-order valence-electron chi connectivity index (χ2n) is 5.66. The number of nitrogens with one attached hydrogen (secondary N) is 1. The van der Waals surface area contributed by atoms with Crippen LogP contribution in [-0.2, 0) is 4.79 Å². The number of rotatable bonds is 6. The Morgan fingerprint density at radius 1 is 1.37 bits per heavy atom. The molecule has 0 atom stereocenters. The monoisotopic (exact) mass is 282 g/mol. The minimum atomic E-state index is 0.0236. The maximum absolute atomic E-state index is 11.9. The number of halogens is 1. The van der Waals surface area contributed by atoms with E-state index in [0.29, 0.717) is 18.0 Å². The number of carbonyl (C=O) groups excluding carboxylic acids is 1. The summed E-state index contributed by atoms with van der Waals surface area (Å²) in [4.78, 5) is 11.9. The van der Waals surface area contributed by atoms with E-state index in [9.17, 15) is 4.79 Å². The molecule has 4 heteroatoms. The molecule has 0 saturated carbocycles. The number of nitrogens with two attached hydrogens (primary N) is 1. The molecule has 19 heavy (non-hydrogen) atoms. The molecule has 0 aliphatic heterocycles. The van der Waals surface area contributed by atoms with Gasteiger partial charge in [-0.2, -0.15) is 0 Å². The van der Waals surface area contributed by atoms with Crippen LogP contribution in [0.2, 0.25) is 5.02 Å². The van der Waals surface area contributed by atoms with E-state index < -0.39 is 0 Å². The summed E-state index contributed by atoms with van der Waals surface area (Å²) in [6.45, 7) is 6.83. The van der Waals surface area contributed by atoms with Crippen molar-refractivity contribution in [3.63, 3.8) is 0 Å². The van der Waals surface area contributed by atoms with Gasteiger partial charge < -0.3 is 11.1 Å². The Balaban J connectivity index is 2.54. The van der Waals surface area contributed by atoms with Crippen LogP contribution in [0.4, 0.5) is 5.69 Å². The average Bonchev–Trinajstić information content (AvgIpc) is 2.33. The highest BCUT2D eigenvalue weighted by Gasteiger charge is 2.18. The van der Waals surface area contributed by atoms with Gasteiger partial charge in [0, 0.05) is 17.1 Å². The normalized spacial score (nSPS) is 11.4. The molecule has 1 aromatic rings. The van der Waals surface area contributed by atoms with Gasteiger partial charge in [-0.25, -0.2) is 0 Å². The van der Waals surface area contributed by atoms with Crippen molar-refractivity contribution in [3.8, 4) is 0 Å². The number of anilines is 1. The van der Waals surface area contributed by atoms with Gasteiger partial charge in [0.15, 0.2) is 0 Å². The Morgan fingerprint density at radius 2 is 2.05 bits per heavy atom. The van der Waals surface area contributed by atoms with Crippen LogP contribution in [-0.4, -0.2) is 12.5 Å². The number of hydrogen-bond donors (Lipinski definition) is 2. The predicted octanol–water partition coefficient (Wildman–Crippen LogP) is 3.74. The van der Waals surface area contributed by atoms with Crippen LogP contribution in [0, 0.1) is 12.3 Å². The quantitative estimate of drug-likeness (QED) is 0.835. The largest absolute Gasteiger partial charge is 0.330 e. The number of hydrogen-bond acceptors (Lipinski definition) is 2. The van der Waals surface area contributed by atoms with Gasteiger partial charge in [0.05, 0.1) is 0 Å². The lowest BCUT2D eigenvalue weighted by Gasteiger charge is -2.23. The van der Waals surface area contributed by atoms with Gasteiger partial charge in [0.2, 0.25) is 5.91 Å². The van der Waals surface area contributed by atoms with Crippen molar-refractivity contribution in [2.75, 3.05) is 11.9 Å². The lowest BCUT2D eigenvalue weighted by atomic mass is 9.84. The van der Waals surface area contributed by atoms with Gasteiger partial charge in [0.1, 0.15) is 0 Å². The standard InChI is InChI=1S/C15H23ClN2O/c1-11-12(16)5-4-6-13(11)18-14(19)7-8-15(2,3)9-10-17/h4-6H,7-10,17H2,1-3H3,(H,18,19). The third-order valence-corrected chi connectivity index (χ3v) is 3.80. The fourth-order valence-corrected chi connectivity index (χ4v) is 2.10. The molecule has 0 aliphatic carbocycles. The zero-order chi connectivity index (χ0) is 14.5. The topological polar surface area (TPSA) is 55.1 Å². The first kappa shape index (κ1) is 16.0. The fourth-order valence-electron chi connectivity index (χ4n) is 1.92. The van der Waals surface area contributed by atoms with Gasteiger partial charge in [-0.15, -0.1) is 0 Å². The maximum atomic E-state index is 11.9. The summed E-state index contributed by atoms with van der Waals surface area (Å²) >= 11 is 6.02. The molecule has 0 radical (unpaired) electrons. The molecule has 3 nitrogen and oxygen atoms in total. The van der Waals surface area contributed by atoms with Crippen molar-refractivity contribution < 1.29 is 4.79 Å². The van der Waals surface area contributed by atoms with Crippen molar-refractivity contribution in [2.24, 2.45) is 11.1 Å². The molecule has 1 amide bonds. The molecular formula is C15H23ClN2O. The van der Waals surface area contributed by atoms with E-state index in [4.69, 9.17) is 17.3 Å². The predicted molar refractivity (Wildman–Crippen MR) is 81.5 cm³/mol. The van der Waals surface area contributed by atoms with Crippen molar-refractivity contribution in [1.29, 1.82) is 0 Å². The molecule has 3 N–H and O–H groups in total. The fraction of sp³-hybridized carbons (Fsp3) is 0.533. The van der Waals surface area contributed by atoms with Crippen LogP contribution >= 0.6 is 11.6 Å². The minimum Gasteiger partial charge on any atom is -0.330 e. The zero-order valence-corrected chi connectivity index (χ0v) is 12.7. The zero-order valence-electron chi connectivity index (χ0n) is 11.9. The number of carbonyl (C=O) groups is 1. The van der Waals surface area contributed by atoms with Crippen LogP contribution in [0.5, 0.6) is 0 Å². The summed E-state index contributed by atoms with van der Waals surface area (Å²) in [7, 11) is 0. The third kappa shape index (κ3) is 5.21. The first-order valence-corrected chi connectivity index (χ1v) is 6.98. The molecule has 0 spiro atoms. The molecule has 0 aliphatic rings. The van der Waals surface area contributed by atoms with Gasteiger partial charge in [-0.05, 0) is 49.4 Å². The molecule has 1 aromatic carbocycles. The minimum absolute atomic E-state index is 0.0236. The van der Waals surface area contributed by atoms with Crippen molar-refractivity contribution >= 4 is 23.2 Å². The highest BCUT2D eigenvalue weighted by Crippen LogP contribution is 2.27. The second kappa shape index (κ2) is 6.92. The molecule has 1 rings (SSSR count). The Hall–Kier alpha value is -1.06. The third-order valence-electron chi connectivity index (χ3n) is 3.39. The van der Waals surface area contributed by atoms with Gasteiger partial charge in [0.25, 0.3) is 0 Å². The summed E-state index contributed by atoms with van der Waals surface area (Å²) in [5.74, 6) is 0.0236. The molecule has 0 aromatic heterocycles. The molecule has 0 heterocycles. The van der Waals surface area contributed by atoms with Gasteiger partial charge >= 0.3 is 0 Å². The highest BCUT2D eigenvalue weighted by molar-refractivity contribution is 6.31. The molecule has 106 valence electrons. The van der Waals surface area contributed by atoms with Crippen molar-refractivity contribution in [3.05, 3.63) is 28.8 Å². The van der Waals surface area contributed by atoms with Gasteiger partial charge in [-0.1, -0.05) is 31.5 Å². The van der Waals surface area contributed by atoms with E-state index in [2.05, 4.69) is 19.2 Å². The van der Waals surface area contributed by atoms with E-state index in [-0.39, 0.29) is 11.3 Å². The Bertz CT molecular complexity index is 444. The summed E-state index contributed by atoms with van der Waals surface area (Å²) in [5, 5.41) is 3.58. The molecule has 0 bridgehead atoms. The molecule has 0 saturated heterocycles. The van der Waals surface area contributed by atoms with Crippen molar-refractivity contribution in [2.45, 2.75) is 40.0 Å². The van der Waals surface area contributed by atoms with E-state index in [1.165, 1.54) is 0 Å². The van der Waals surface area contributed by atoms with E-state index in [1.54, 1.807) is 0 Å². The van der Waals surface area contributed by atoms with Crippen LogP contribution in [0.1, 0.15) is 38.7 Å². The maximum Gasteiger partial charge on any atom is 0.224 e. The first-order chi connectivity index (χ1) is 8.85. The number of benzene rings is 1. The smallest absolute Gasteiger partial charge is 0.224 e.